The summed E-state index contributed by atoms with van der Waals surface area (Å²) in [6.45, 7) is 25.7. The summed E-state index contributed by atoms with van der Waals surface area (Å²) in [6.07, 6.45) is 18.9. The van der Waals surface area contributed by atoms with E-state index in [1.54, 1.807) is 0 Å². The molecule has 1 aliphatic carbocycles. The molecular formula is C69H96N6. The van der Waals surface area contributed by atoms with Crippen molar-refractivity contribution in [3.8, 4) is 11.1 Å². The Morgan fingerprint density at radius 3 is 1.23 bits per heavy atom. The van der Waals surface area contributed by atoms with Crippen molar-refractivity contribution in [3.63, 3.8) is 0 Å². The lowest BCUT2D eigenvalue weighted by molar-refractivity contribution is 0.310. The molecule has 6 aromatic carbocycles. The van der Waals surface area contributed by atoms with Gasteiger partial charge in [0.2, 0.25) is 0 Å². The number of nitrogens with one attached hydrogen (secondary N) is 3. The highest BCUT2D eigenvalue weighted by Crippen LogP contribution is 2.54. The molecule has 6 aromatic rings. The van der Waals surface area contributed by atoms with E-state index in [9.17, 15) is 0 Å². The lowest BCUT2D eigenvalue weighted by Gasteiger charge is -2.40. The molecule has 7 rings (SSSR count). The lowest BCUT2D eigenvalue weighted by Crippen LogP contribution is -2.55. The molecule has 75 heavy (non-hydrogen) atoms. The maximum atomic E-state index is 8.00. The summed E-state index contributed by atoms with van der Waals surface area (Å²) in [5, 5.41) is 11.8. The van der Waals surface area contributed by atoms with Crippen LogP contribution in [0, 0.1) is 0 Å². The number of unbranched alkanes of at least 4 members (excludes halogenated alkanes) is 11. The summed E-state index contributed by atoms with van der Waals surface area (Å²) in [4.78, 5) is 4.93. The smallest absolute Gasteiger partial charge is 0.0857 e. The maximum Gasteiger partial charge on any atom is 0.0857 e. The molecule has 6 heteroatoms. The number of fused-ring (bicyclic) bond motifs is 3. The van der Waals surface area contributed by atoms with Crippen LogP contribution in [0.5, 0.6) is 0 Å². The monoisotopic (exact) mass is 1010 g/mol. The molecular weight excluding hydrogens is 913 g/mol. The third kappa shape index (κ3) is 14.3. The van der Waals surface area contributed by atoms with Gasteiger partial charge >= 0.3 is 0 Å². The first-order valence-corrected chi connectivity index (χ1v) is 29.5. The molecule has 1 unspecified atom stereocenters. The molecule has 0 spiro atoms. The number of hydrogen-bond donors (Lipinski definition) is 4. The van der Waals surface area contributed by atoms with Crippen LogP contribution in [-0.4, -0.2) is 25.7 Å². The van der Waals surface area contributed by atoms with Crippen molar-refractivity contribution >= 4 is 45.5 Å². The molecule has 1 atom stereocenters. The van der Waals surface area contributed by atoms with Crippen LogP contribution in [0.2, 0.25) is 0 Å². The van der Waals surface area contributed by atoms with Gasteiger partial charge in [0.15, 0.2) is 0 Å². The molecule has 0 heterocycles. The molecule has 0 saturated carbocycles. The normalized spacial score (nSPS) is 13.3. The van der Waals surface area contributed by atoms with Gasteiger partial charge < -0.3 is 31.5 Å². The molecule has 1 aliphatic rings. The summed E-state index contributed by atoms with van der Waals surface area (Å²) in [6, 6.07) is 50.8. The zero-order valence-electron chi connectivity index (χ0n) is 48.2. The van der Waals surface area contributed by atoms with E-state index in [2.05, 4.69) is 228 Å². The third-order valence-corrected chi connectivity index (χ3v) is 15.7. The van der Waals surface area contributed by atoms with E-state index in [0.717, 1.165) is 110 Å². The van der Waals surface area contributed by atoms with E-state index >= 15 is 0 Å². The minimum Gasteiger partial charge on any atom is -0.385 e. The average molecular weight is 1010 g/mol. The highest BCUT2D eigenvalue weighted by Gasteiger charge is 2.48. The second-order valence-electron chi connectivity index (χ2n) is 23.7. The first-order valence-electron chi connectivity index (χ1n) is 29.5. The summed E-state index contributed by atoms with van der Waals surface area (Å²) in [7, 11) is 0. The summed E-state index contributed by atoms with van der Waals surface area (Å²) < 4.78 is 0. The summed E-state index contributed by atoms with van der Waals surface area (Å²) in [5.41, 5.74) is 24.2. The van der Waals surface area contributed by atoms with Crippen molar-refractivity contribution in [1.29, 1.82) is 0 Å². The van der Waals surface area contributed by atoms with Crippen LogP contribution in [0.3, 0.4) is 0 Å². The minimum absolute atomic E-state index is 0.0401. The van der Waals surface area contributed by atoms with E-state index in [1.807, 2.05) is 0 Å². The highest BCUT2D eigenvalue weighted by atomic mass is 15.2. The highest BCUT2D eigenvalue weighted by molar-refractivity contribution is 5.89. The average Bonchev–Trinajstić information content (AvgIpc) is 3.71. The van der Waals surface area contributed by atoms with E-state index in [0.29, 0.717) is 0 Å². The van der Waals surface area contributed by atoms with Crippen molar-refractivity contribution in [2.75, 3.05) is 40.1 Å². The van der Waals surface area contributed by atoms with Gasteiger partial charge in [-0.3, -0.25) is 0 Å². The van der Waals surface area contributed by atoms with E-state index < -0.39 is 5.54 Å². The number of nitrogens with zero attached hydrogens (tertiary/aromatic N) is 2. The fourth-order valence-electron chi connectivity index (χ4n) is 11.2. The number of benzene rings is 6. The van der Waals surface area contributed by atoms with E-state index in [4.69, 9.17) is 5.73 Å². The van der Waals surface area contributed by atoms with E-state index in [1.165, 1.54) is 91.2 Å². The van der Waals surface area contributed by atoms with Crippen LogP contribution < -0.4 is 31.5 Å². The maximum absolute atomic E-state index is 8.00. The van der Waals surface area contributed by atoms with Gasteiger partial charge in [0.1, 0.15) is 0 Å². The molecule has 0 amide bonds. The van der Waals surface area contributed by atoms with Crippen LogP contribution in [0.25, 0.3) is 11.1 Å². The standard InChI is InChI=1S/C69H96N6/c1-11-15-19-21-23-25-47-73-69(66(70)32-24-22-20-16-12-2)64-50-60(74(56-37-33-52(34-38-56)67(5,6)7)58-30-26-28-54(48-58)71-45-17-13-3)41-43-62(64)63-44-42-61(51-65(63)69)75(57-39-35-53(36-40-57)68(8,9)10)59-31-27-29-55(49-59)72-46-18-14-4/h26-31,33-44,48-51,66,71-73H,11-25,32,45-47,70H2,1-10H3. The Balaban J connectivity index is 1.44. The van der Waals surface area contributed by atoms with Crippen LogP contribution in [0.1, 0.15) is 194 Å². The SMILES string of the molecule is CCCCCCCCNC1(C(N)CCCCCCC)c2cc(N(c3ccc(C(C)(C)C)cc3)c3cccc(NCCCC)c3)ccc2-c2ccc(N(c3ccc(C(C)(C)C)cc3)c3cccc(NCCCC)c3)cc21. The number of anilines is 8. The van der Waals surface area contributed by atoms with Gasteiger partial charge in [-0.05, 0) is 161 Å². The Labute approximate surface area is 455 Å². The molecule has 402 valence electrons. The molecule has 0 bridgehead atoms. The first kappa shape index (κ1) is 57.2. The van der Waals surface area contributed by atoms with Gasteiger partial charge in [0.25, 0.3) is 0 Å². The Kier molecular flexibility index (Phi) is 20.5. The second-order valence-corrected chi connectivity index (χ2v) is 23.7. The second kappa shape index (κ2) is 27.0. The van der Waals surface area contributed by atoms with Crippen molar-refractivity contribution < 1.29 is 0 Å². The Morgan fingerprint density at radius 2 is 0.800 bits per heavy atom. The molecule has 5 N–H and O–H groups in total. The van der Waals surface area contributed by atoms with Crippen LogP contribution in [-0.2, 0) is 16.4 Å². The van der Waals surface area contributed by atoms with Crippen molar-refractivity contribution in [3.05, 3.63) is 156 Å². The molecule has 6 nitrogen and oxygen atoms in total. The third-order valence-electron chi connectivity index (χ3n) is 15.7. The zero-order valence-corrected chi connectivity index (χ0v) is 48.2. The topological polar surface area (TPSA) is 68.6 Å². The quantitative estimate of drug-likeness (QED) is 0.0351. The van der Waals surface area contributed by atoms with Crippen LogP contribution in [0.15, 0.2) is 133 Å². The van der Waals surface area contributed by atoms with Crippen LogP contribution in [0.4, 0.5) is 45.5 Å². The lowest BCUT2D eigenvalue weighted by atomic mass is 9.78. The van der Waals surface area contributed by atoms with Gasteiger partial charge in [-0.15, -0.1) is 0 Å². The van der Waals surface area contributed by atoms with Gasteiger partial charge in [-0.25, -0.2) is 0 Å². The molecule has 0 fully saturated rings. The summed E-state index contributed by atoms with van der Waals surface area (Å²) in [5.74, 6) is 0. The Bertz CT molecular complexity index is 2510. The van der Waals surface area contributed by atoms with Gasteiger partial charge in [0.05, 0.1) is 5.54 Å². The fourth-order valence-corrected chi connectivity index (χ4v) is 11.2. The predicted molar refractivity (Wildman–Crippen MR) is 329 cm³/mol. The van der Waals surface area contributed by atoms with Gasteiger partial charge in [0, 0.05) is 64.6 Å². The largest absolute Gasteiger partial charge is 0.385 e. The van der Waals surface area contributed by atoms with Crippen molar-refractivity contribution in [1.82, 2.24) is 5.32 Å². The van der Waals surface area contributed by atoms with Gasteiger partial charge in [-0.2, -0.15) is 0 Å². The zero-order chi connectivity index (χ0) is 53.4. The first-order chi connectivity index (χ1) is 36.2. The van der Waals surface area contributed by atoms with Crippen molar-refractivity contribution in [2.45, 2.75) is 194 Å². The predicted octanol–water partition coefficient (Wildman–Crippen LogP) is 19.5. The molecule has 0 saturated heterocycles. The Hall–Kier alpha value is -5.56. The van der Waals surface area contributed by atoms with E-state index in [-0.39, 0.29) is 16.9 Å². The summed E-state index contributed by atoms with van der Waals surface area (Å²) >= 11 is 0. The van der Waals surface area contributed by atoms with Crippen molar-refractivity contribution in [2.24, 2.45) is 5.73 Å². The van der Waals surface area contributed by atoms with Gasteiger partial charge in [-0.1, -0.05) is 195 Å². The fraction of sp³-hybridized carbons (Fsp3) is 0.478. The molecule has 0 aromatic heterocycles. The molecule has 0 aliphatic heterocycles. The number of nitrogens with two attached hydrogens (primary N) is 1. The number of hydrogen-bond acceptors (Lipinski definition) is 6. The minimum atomic E-state index is -0.651. The molecule has 0 radical (unpaired) electrons. The number of rotatable bonds is 29. The van der Waals surface area contributed by atoms with Crippen LogP contribution >= 0.6 is 0 Å². The Morgan fingerprint density at radius 1 is 0.413 bits per heavy atom.